The van der Waals surface area contributed by atoms with Crippen LogP contribution in [-0.4, -0.2) is 38.3 Å². The summed E-state index contributed by atoms with van der Waals surface area (Å²) in [6.45, 7) is 0.389. The van der Waals surface area contributed by atoms with Gasteiger partial charge < -0.3 is 24.3 Å². The molecule has 1 unspecified atom stereocenters. The van der Waals surface area contributed by atoms with E-state index in [4.69, 9.17) is 23.9 Å². The number of benzene rings is 3. The summed E-state index contributed by atoms with van der Waals surface area (Å²) >= 11 is 1.26. The molecular weight excluding hydrogens is 494 g/mol. The standard InChI is InChI=1S/C27H27N3O6S/c1-33-20-12-10-18(11-13-20)23-26(24(30(31)32)19-8-6-5-7-9-19)37-27(29-23)28-16-17-14-21(34-2)25(36-4)22(15-17)35-3/h5-15,24H,16H2,1-4H3,(H,28,29). The van der Waals surface area contributed by atoms with Gasteiger partial charge in [-0.05, 0) is 42.0 Å². The fourth-order valence-corrected chi connectivity index (χ4v) is 5.05. The molecule has 0 fully saturated rings. The molecule has 4 rings (SSSR count). The van der Waals surface area contributed by atoms with Gasteiger partial charge in [0.15, 0.2) is 16.6 Å². The van der Waals surface area contributed by atoms with E-state index in [-0.39, 0.29) is 4.92 Å². The van der Waals surface area contributed by atoms with Crippen molar-refractivity contribution in [2.75, 3.05) is 33.8 Å². The zero-order chi connectivity index (χ0) is 26.4. The van der Waals surface area contributed by atoms with Crippen molar-refractivity contribution in [2.24, 2.45) is 0 Å². The topological polar surface area (TPSA) is 105 Å². The summed E-state index contributed by atoms with van der Waals surface area (Å²) in [6.07, 6.45) is 0. The highest BCUT2D eigenvalue weighted by molar-refractivity contribution is 7.16. The van der Waals surface area contributed by atoms with E-state index in [9.17, 15) is 10.1 Å². The van der Waals surface area contributed by atoms with Gasteiger partial charge in [-0.25, -0.2) is 4.98 Å². The number of rotatable bonds is 11. The molecular formula is C27H27N3O6S. The van der Waals surface area contributed by atoms with Crippen LogP contribution in [0.2, 0.25) is 0 Å². The van der Waals surface area contributed by atoms with Crippen LogP contribution in [0.3, 0.4) is 0 Å². The maximum absolute atomic E-state index is 12.3. The van der Waals surface area contributed by atoms with Crippen molar-refractivity contribution in [1.29, 1.82) is 0 Å². The minimum absolute atomic E-state index is 0.279. The average Bonchev–Trinajstić information content (AvgIpc) is 3.35. The SMILES string of the molecule is COc1ccc(-c2nc(NCc3cc(OC)c(OC)c(OC)c3)sc2C(c2ccccc2)[N+](=O)[O-])cc1. The second-order valence-electron chi connectivity index (χ2n) is 7.95. The molecule has 0 aliphatic rings. The van der Waals surface area contributed by atoms with Crippen molar-refractivity contribution < 1.29 is 23.9 Å². The van der Waals surface area contributed by atoms with Crippen LogP contribution in [0.4, 0.5) is 5.13 Å². The Bertz CT molecular complexity index is 1330. The predicted molar refractivity (Wildman–Crippen MR) is 143 cm³/mol. The van der Waals surface area contributed by atoms with Crippen LogP contribution < -0.4 is 24.3 Å². The molecule has 0 bridgehead atoms. The number of anilines is 1. The number of nitrogens with zero attached hydrogens (tertiary/aromatic N) is 2. The summed E-state index contributed by atoms with van der Waals surface area (Å²) in [5.41, 5.74) is 2.76. The van der Waals surface area contributed by atoms with Crippen LogP contribution in [0.5, 0.6) is 23.0 Å². The highest BCUT2D eigenvalue weighted by atomic mass is 32.1. The Hall–Kier alpha value is -4.31. The molecule has 0 radical (unpaired) electrons. The third kappa shape index (κ3) is 5.59. The Kier molecular flexibility index (Phi) is 8.09. The van der Waals surface area contributed by atoms with Crippen molar-refractivity contribution in [1.82, 2.24) is 4.98 Å². The molecule has 4 aromatic rings. The first kappa shape index (κ1) is 25.8. The van der Waals surface area contributed by atoms with E-state index >= 15 is 0 Å². The van der Waals surface area contributed by atoms with Crippen LogP contribution >= 0.6 is 11.3 Å². The fraction of sp³-hybridized carbons (Fsp3) is 0.222. The van der Waals surface area contributed by atoms with Gasteiger partial charge in [0.2, 0.25) is 5.75 Å². The van der Waals surface area contributed by atoms with Gasteiger partial charge in [-0.15, -0.1) is 0 Å². The van der Waals surface area contributed by atoms with Gasteiger partial charge in [-0.2, -0.15) is 0 Å². The van der Waals surface area contributed by atoms with E-state index in [0.29, 0.717) is 50.8 Å². The maximum Gasteiger partial charge on any atom is 0.274 e. The van der Waals surface area contributed by atoms with E-state index < -0.39 is 6.04 Å². The summed E-state index contributed by atoms with van der Waals surface area (Å²) in [6, 6.07) is 18.9. The largest absolute Gasteiger partial charge is 0.497 e. The Morgan fingerprint density at radius 3 is 2.11 bits per heavy atom. The van der Waals surface area contributed by atoms with Crippen molar-refractivity contribution in [3.05, 3.63) is 92.8 Å². The van der Waals surface area contributed by atoms with Crippen LogP contribution in [0, 0.1) is 10.1 Å². The quantitative estimate of drug-likeness (QED) is 0.194. The zero-order valence-corrected chi connectivity index (χ0v) is 21.7. The lowest BCUT2D eigenvalue weighted by molar-refractivity contribution is -0.516. The molecule has 0 aliphatic carbocycles. The lowest BCUT2D eigenvalue weighted by Gasteiger charge is -2.14. The van der Waals surface area contributed by atoms with E-state index in [2.05, 4.69) is 5.32 Å². The van der Waals surface area contributed by atoms with Crippen molar-refractivity contribution >= 4 is 16.5 Å². The van der Waals surface area contributed by atoms with Gasteiger partial charge in [0, 0.05) is 22.6 Å². The third-order valence-corrected chi connectivity index (χ3v) is 6.83. The summed E-state index contributed by atoms with van der Waals surface area (Å²) in [5.74, 6) is 2.27. The van der Waals surface area contributed by atoms with Gasteiger partial charge in [0.1, 0.15) is 10.6 Å². The van der Waals surface area contributed by atoms with Crippen molar-refractivity contribution in [2.45, 2.75) is 12.6 Å². The number of hydrogen-bond donors (Lipinski definition) is 1. The lowest BCUT2D eigenvalue weighted by atomic mass is 10.0. The molecule has 1 heterocycles. The highest BCUT2D eigenvalue weighted by Crippen LogP contribution is 2.41. The van der Waals surface area contributed by atoms with Crippen molar-refractivity contribution in [3.63, 3.8) is 0 Å². The third-order valence-electron chi connectivity index (χ3n) is 5.76. The van der Waals surface area contributed by atoms with E-state index in [1.54, 1.807) is 52.7 Å². The number of hydrogen-bond acceptors (Lipinski definition) is 9. The Labute approximate surface area is 218 Å². The fourth-order valence-electron chi connectivity index (χ4n) is 3.97. The highest BCUT2D eigenvalue weighted by Gasteiger charge is 2.32. The summed E-state index contributed by atoms with van der Waals surface area (Å²) in [4.78, 5) is 17.3. The summed E-state index contributed by atoms with van der Waals surface area (Å²) in [5, 5.41) is 16.1. The molecule has 0 spiro atoms. The molecule has 1 aromatic heterocycles. The molecule has 1 atom stereocenters. The molecule has 1 N–H and O–H groups in total. The van der Waals surface area contributed by atoms with Gasteiger partial charge in [-0.1, -0.05) is 41.7 Å². The van der Waals surface area contributed by atoms with Gasteiger partial charge in [0.25, 0.3) is 6.04 Å². The van der Waals surface area contributed by atoms with Gasteiger partial charge in [-0.3, -0.25) is 10.1 Å². The molecule has 37 heavy (non-hydrogen) atoms. The monoisotopic (exact) mass is 521 g/mol. The zero-order valence-electron chi connectivity index (χ0n) is 20.9. The maximum atomic E-state index is 12.3. The summed E-state index contributed by atoms with van der Waals surface area (Å²) < 4.78 is 21.6. The molecule has 10 heteroatoms. The minimum atomic E-state index is -1.06. The van der Waals surface area contributed by atoms with Gasteiger partial charge in [0.05, 0.1) is 34.1 Å². The molecule has 192 valence electrons. The van der Waals surface area contributed by atoms with Crippen LogP contribution in [0.1, 0.15) is 22.0 Å². The van der Waals surface area contributed by atoms with E-state index in [0.717, 1.165) is 11.1 Å². The van der Waals surface area contributed by atoms with E-state index in [1.165, 1.54) is 11.3 Å². The molecule has 3 aromatic carbocycles. The molecule has 0 saturated heterocycles. The lowest BCUT2D eigenvalue weighted by Crippen LogP contribution is -2.11. The van der Waals surface area contributed by atoms with Gasteiger partial charge >= 0.3 is 0 Å². The second kappa shape index (κ2) is 11.6. The average molecular weight is 522 g/mol. The molecule has 9 nitrogen and oxygen atoms in total. The first-order chi connectivity index (χ1) is 18.0. The van der Waals surface area contributed by atoms with Crippen LogP contribution in [0.25, 0.3) is 11.3 Å². The summed E-state index contributed by atoms with van der Waals surface area (Å²) in [7, 11) is 6.26. The number of nitro groups is 1. The second-order valence-corrected chi connectivity index (χ2v) is 8.98. The first-order valence-electron chi connectivity index (χ1n) is 11.3. The molecule has 0 amide bonds. The number of aromatic nitrogens is 1. The van der Waals surface area contributed by atoms with Crippen LogP contribution in [-0.2, 0) is 6.54 Å². The Balaban J connectivity index is 1.73. The minimum Gasteiger partial charge on any atom is -0.497 e. The molecule has 0 aliphatic heterocycles. The first-order valence-corrected chi connectivity index (χ1v) is 12.2. The Morgan fingerprint density at radius 2 is 1.57 bits per heavy atom. The normalized spacial score (nSPS) is 11.5. The number of methoxy groups -OCH3 is 4. The predicted octanol–water partition coefficient (Wildman–Crippen LogP) is 5.82. The smallest absolute Gasteiger partial charge is 0.274 e. The van der Waals surface area contributed by atoms with Crippen LogP contribution in [0.15, 0.2) is 66.7 Å². The molecule has 0 saturated carbocycles. The number of nitrogens with one attached hydrogen (secondary N) is 1. The van der Waals surface area contributed by atoms with E-state index in [1.807, 2.05) is 42.5 Å². The number of ether oxygens (including phenoxy) is 4. The number of thiazole rings is 1. The Morgan fingerprint density at radius 1 is 0.919 bits per heavy atom. The van der Waals surface area contributed by atoms with Crippen molar-refractivity contribution in [3.8, 4) is 34.3 Å².